The minimum absolute atomic E-state index is 1.23. The van der Waals surface area contributed by atoms with Crippen LogP contribution in [0.1, 0.15) is 0 Å². The molecule has 0 rings (SSSR count). The average Bonchev–Trinajstić information content (AvgIpc) is 1.95. The van der Waals surface area contributed by atoms with Crippen LogP contribution in [0.4, 0.5) is 0 Å². The van der Waals surface area contributed by atoms with E-state index in [2.05, 4.69) is 78.6 Å². The molecule has 10 heteroatoms. The smallest absolute Gasteiger partial charge is 0.170 e. The Kier molecular flexibility index (Phi) is 17.6. The SMILES string of the molecule is C[Si](C)(C)O[Si](C)(C)C.C[Si](C)(C)O[Si](C)(C)C.C[Si](C)(C)[O-].C[Si](C)(C)[O-]. The molecule has 0 bridgehead atoms. The van der Waals surface area contributed by atoms with Crippen molar-refractivity contribution >= 4 is 49.9 Å². The second-order valence-electron chi connectivity index (χ2n) is 12.9. The summed E-state index contributed by atoms with van der Waals surface area (Å²) in [5.74, 6) is 0. The van der Waals surface area contributed by atoms with Gasteiger partial charge >= 0.3 is 0 Å². The largest absolute Gasteiger partial charge is 0.859 e. The van der Waals surface area contributed by atoms with Crippen LogP contribution < -0.4 is 9.59 Å². The Morgan fingerprint density at radius 3 is 0.393 bits per heavy atom. The highest BCUT2D eigenvalue weighted by molar-refractivity contribution is 6.84. The van der Waals surface area contributed by atoms with Gasteiger partial charge in [0.25, 0.3) is 0 Å². The Hall–Kier alpha value is 1.14. The monoisotopic (exact) mass is 502 g/mol. The first-order valence-corrected chi connectivity index (χ1v) is 30.7. The molecule has 0 unspecified atom stereocenters. The van der Waals surface area contributed by atoms with Crippen LogP contribution in [0.25, 0.3) is 0 Å². The highest BCUT2D eigenvalue weighted by atomic mass is 28.4. The highest BCUT2D eigenvalue weighted by Gasteiger charge is 2.24. The second kappa shape index (κ2) is 13.5. The van der Waals surface area contributed by atoms with Crippen LogP contribution in [0.5, 0.6) is 0 Å². The number of hydrogen-bond acceptors (Lipinski definition) is 4. The lowest BCUT2D eigenvalue weighted by molar-refractivity contribution is -0.204. The predicted molar refractivity (Wildman–Crippen MR) is 142 cm³/mol. The van der Waals surface area contributed by atoms with Gasteiger partial charge in [0, 0.05) is 0 Å². The summed E-state index contributed by atoms with van der Waals surface area (Å²) in [7, 11) is -8.65. The molecule has 0 N–H and O–H groups in total. The van der Waals surface area contributed by atoms with Crippen molar-refractivity contribution in [1.29, 1.82) is 0 Å². The zero-order valence-corrected chi connectivity index (χ0v) is 28.6. The maximum Gasteiger partial charge on any atom is 0.170 e. The molecule has 0 aliphatic heterocycles. The normalized spacial score (nSPS) is 13.3. The third-order valence-electron chi connectivity index (χ3n) is 1.22. The molecule has 28 heavy (non-hydrogen) atoms. The van der Waals surface area contributed by atoms with Crippen LogP contribution in [-0.2, 0) is 8.23 Å². The van der Waals surface area contributed by atoms with Crippen molar-refractivity contribution in [3.05, 3.63) is 0 Å². The molecule has 0 saturated heterocycles. The van der Waals surface area contributed by atoms with Crippen LogP contribution in [0.3, 0.4) is 0 Å². The molecule has 0 aliphatic carbocycles. The van der Waals surface area contributed by atoms with Gasteiger partial charge in [-0.3, -0.25) is 0 Å². The fraction of sp³-hybridized carbons (Fsp3) is 1.00. The van der Waals surface area contributed by atoms with Gasteiger partial charge in [-0.25, -0.2) is 0 Å². The van der Waals surface area contributed by atoms with E-state index >= 15 is 0 Å². The Bertz CT molecular complexity index is 304. The molecule has 0 spiro atoms. The molecular formula is C18H54O4Si6-2. The van der Waals surface area contributed by atoms with Gasteiger partial charge in [-0.05, 0) is 78.6 Å². The molecule has 0 saturated carbocycles. The summed E-state index contributed by atoms with van der Waals surface area (Å²) in [5.41, 5.74) is 0. The summed E-state index contributed by atoms with van der Waals surface area (Å²) in [6.07, 6.45) is 0. The molecule has 0 aliphatic rings. The van der Waals surface area contributed by atoms with E-state index in [4.69, 9.17) is 8.23 Å². The maximum absolute atomic E-state index is 10.2. The predicted octanol–water partition coefficient (Wildman–Crippen LogP) is 5.71. The van der Waals surface area contributed by atoms with Gasteiger partial charge in [-0.1, -0.05) is 55.9 Å². The Morgan fingerprint density at radius 1 is 0.321 bits per heavy atom. The van der Waals surface area contributed by atoms with Crippen LogP contribution in [0.2, 0.25) is 118 Å². The first kappa shape index (κ1) is 36.5. The summed E-state index contributed by atoms with van der Waals surface area (Å²) in [6.45, 7) is 37.5. The summed E-state index contributed by atoms with van der Waals surface area (Å²) in [4.78, 5) is 20.5. The van der Waals surface area contributed by atoms with E-state index in [1.807, 2.05) is 0 Å². The van der Waals surface area contributed by atoms with Crippen molar-refractivity contribution in [3.63, 3.8) is 0 Å². The third-order valence-corrected chi connectivity index (χ3v) is 11.0. The molecule has 4 nitrogen and oxygen atoms in total. The topological polar surface area (TPSA) is 64.6 Å². The lowest BCUT2D eigenvalue weighted by Crippen LogP contribution is -2.39. The van der Waals surface area contributed by atoms with Crippen molar-refractivity contribution in [2.45, 2.75) is 118 Å². The van der Waals surface area contributed by atoms with Crippen molar-refractivity contribution in [3.8, 4) is 0 Å². The lowest BCUT2D eigenvalue weighted by atomic mass is 11.8. The summed E-state index contributed by atoms with van der Waals surface area (Å²) in [5, 5.41) is 0. The second-order valence-corrected chi connectivity index (χ2v) is 39.9. The molecular weight excluding hydrogens is 449 g/mol. The molecule has 0 aromatic heterocycles. The van der Waals surface area contributed by atoms with Gasteiger partial charge < -0.3 is 17.8 Å². The van der Waals surface area contributed by atoms with E-state index in [-0.39, 0.29) is 0 Å². The van der Waals surface area contributed by atoms with E-state index in [0.29, 0.717) is 0 Å². The van der Waals surface area contributed by atoms with E-state index in [1.165, 1.54) is 0 Å². The van der Waals surface area contributed by atoms with Crippen LogP contribution >= 0.6 is 0 Å². The lowest BCUT2D eigenvalue weighted by Gasteiger charge is -2.27. The molecule has 0 radical (unpaired) electrons. The molecule has 176 valence electrons. The van der Waals surface area contributed by atoms with Crippen LogP contribution in [-0.4, -0.2) is 49.9 Å². The summed E-state index contributed by atoms with van der Waals surface area (Å²) in [6, 6.07) is 0. The van der Waals surface area contributed by atoms with Gasteiger partial charge in [-0.2, -0.15) is 0 Å². The Balaban J connectivity index is -0.000000143. The molecule has 0 aromatic carbocycles. The van der Waals surface area contributed by atoms with E-state index in [9.17, 15) is 9.59 Å². The van der Waals surface area contributed by atoms with Crippen molar-refractivity contribution in [2.24, 2.45) is 0 Å². The van der Waals surface area contributed by atoms with Gasteiger partial charge in [0.1, 0.15) is 0 Å². The minimum Gasteiger partial charge on any atom is -0.859 e. The average molecular weight is 503 g/mol. The molecule has 0 aromatic rings. The Labute approximate surface area is 185 Å². The standard InChI is InChI=1S/2C6H18OSi2.2C3H9OSi/c2*1-8(2,3)7-9(4,5)6;2*1-5(2,3)4/h2*1-6H3;2*1-3H3/q;;2*-1. The zero-order chi connectivity index (χ0) is 24.4. The fourth-order valence-corrected chi connectivity index (χ4v) is 16.5. The molecule has 0 amide bonds. The van der Waals surface area contributed by atoms with Crippen molar-refractivity contribution in [2.75, 3.05) is 0 Å². The summed E-state index contributed by atoms with van der Waals surface area (Å²) < 4.78 is 11.8. The highest BCUT2D eigenvalue weighted by Crippen LogP contribution is 2.13. The molecule has 0 heterocycles. The molecule has 0 atom stereocenters. The van der Waals surface area contributed by atoms with Crippen LogP contribution in [0.15, 0.2) is 0 Å². The quantitative estimate of drug-likeness (QED) is 0.462. The van der Waals surface area contributed by atoms with Crippen molar-refractivity contribution < 1.29 is 17.8 Å². The third kappa shape index (κ3) is 107. The van der Waals surface area contributed by atoms with E-state index in [1.54, 1.807) is 39.3 Å². The van der Waals surface area contributed by atoms with E-state index < -0.39 is 49.9 Å². The van der Waals surface area contributed by atoms with Gasteiger partial charge in [0.2, 0.25) is 0 Å². The van der Waals surface area contributed by atoms with E-state index in [0.717, 1.165) is 0 Å². The Morgan fingerprint density at radius 2 is 0.393 bits per heavy atom. The number of rotatable bonds is 4. The summed E-state index contributed by atoms with van der Waals surface area (Å²) >= 11 is 0. The van der Waals surface area contributed by atoms with Gasteiger partial charge in [-0.15, -0.1) is 0 Å². The fourth-order valence-electron chi connectivity index (χ4n) is 1.84. The van der Waals surface area contributed by atoms with Crippen molar-refractivity contribution in [1.82, 2.24) is 0 Å². The minimum atomic E-state index is -1.86. The van der Waals surface area contributed by atoms with Gasteiger partial charge in [0.15, 0.2) is 33.3 Å². The molecule has 0 fully saturated rings. The maximum atomic E-state index is 10.2. The first-order chi connectivity index (χ1) is 11.4. The zero-order valence-electron chi connectivity index (χ0n) is 22.6. The number of hydrogen-bond donors (Lipinski definition) is 0. The van der Waals surface area contributed by atoms with Gasteiger partial charge in [0.05, 0.1) is 0 Å². The van der Waals surface area contributed by atoms with Crippen LogP contribution in [0, 0.1) is 0 Å². The first-order valence-electron chi connectivity index (χ1n) is 10.2.